The van der Waals surface area contributed by atoms with Crippen molar-refractivity contribution in [3.63, 3.8) is 0 Å². The fourth-order valence-corrected chi connectivity index (χ4v) is 3.35. The number of rotatable bonds is 8. The van der Waals surface area contributed by atoms with Crippen molar-refractivity contribution < 1.29 is 18.7 Å². The minimum Gasteiger partial charge on any atom is -0.493 e. The van der Waals surface area contributed by atoms with Crippen molar-refractivity contribution in [2.24, 2.45) is 7.05 Å². The molecule has 1 N–H and O–H groups in total. The van der Waals surface area contributed by atoms with Crippen LogP contribution in [0.25, 0.3) is 17.0 Å². The monoisotopic (exact) mass is 465 g/mol. The van der Waals surface area contributed by atoms with E-state index in [4.69, 9.17) is 4.74 Å². The third-order valence-electron chi connectivity index (χ3n) is 5.03. The molecule has 0 atom stereocenters. The van der Waals surface area contributed by atoms with E-state index in [0.29, 0.717) is 30.2 Å². The van der Waals surface area contributed by atoms with Gasteiger partial charge >= 0.3 is 0 Å². The van der Waals surface area contributed by atoms with Gasteiger partial charge in [0.1, 0.15) is 17.3 Å². The number of hydrogen-bond acceptors (Lipinski definition) is 6. The summed E-state index contributed by atoms with van der Waals surface area (Å²) in [5.74, 6) is 0.458. The second-order valence-corrected chi connectivity index (χ2v) is 7.75. The predicted molar refractivity (Wildman–Crippen MR) is 124 cm³/mol. The first-order valence-electron chi connectivity index (χ1n) is 10.6. The van der Waals surface area contributed by atoms with Crippen molar-refractivity contribution in [1.82, 2.24) is 29.0 Å². The van der Waals surface area contributed by atoms with E-state index in [1.54, 1.807) is 43.9 Å². The third-order valence-corrected chi connectivity index (χ3v) is 5.03. The molecular formula is C23H24FN7O3. The lowest BCUT2D eigenvalue weighted by molar-refractivity contribution is 0.0821. The summed E-state index contributed by atoms with van der Waals surface area (Å²) < 4.78 is 20.9. The van der Waals surface area contributed by atoms with Gasteiger partial charge in [-0.3, -0.25) is 23.1 Å². The molecule has 4 rings (SSSR count). The molecule has 34 heavy (non-hydrogen) atoms. The van der Waals surface area contributed by atoms with Crippen LogP contribution in [0.15, 0.2) is 48.9 Å². The molecule has 0 radical (unpaired) electrons. The SMILES string of the molecule is CN(C)C(=O)c1cnn(C)c1C(=O)Nc1ccn2cc(-c3cccc(OCCCF)c3)nc2n1. The van der Waals surface area contributed by atoms with Crippen LogP contribution in [0.5, 0.6) is 5.75 Å². The lowest BCUT2D eigenvalue weighted by Gasteiger charge is -2.11. The summed E-state index contributed by atoms with van der Waals surface area (Å²) in [7, 11) is 4.80. The number of nitrogens with one attached hydrogen (secondary N) is 1. The highest BCUT2D eigenvalue weighted by molar-refractivity contribution is 6.10. The standard InChI is InChI=1S/C23H24FN7O3/c1-29(2)22(33)17-13-25-30(3)20(17)21(32)27-19-8-10-31-14-18(26-23(31)28-19)15-6-4-7-16(12-15)34-11-5-9-24/h4,6-8,10,12-14H,5,9,11H2,1-3H3,(H,26,27,28,32). The molecule has 0 fully saturated rings. The van der Waals surface area contributed by atoms with Gasteiger partial charge in [0.15, 0.2) is 0 Å². The largest absolute Gasteiger partial charge is 0.493 e. The fourth-order valence-electron chi connectivity index (χ4n) is 3.35. The van der Waals surface area contributed by atoms with Crippen molar-refractivity contribution in [3.8, 4) is 17.0 Å². The number of hydrogen-bond donors (Lipinski definition) is 1. The second-order valence-electron chi connectivity index (χ2n) is 7.75. The van der Waals surface area contributed by atoms with Crippen molar-refractivity contribution in [3.05, 3.63) is 60.2 Å². The molecule has 1 aromatic carbocycles. The van der Waals surface area contributed by atoms with Gasteiger partial charge in [0, 0.05) is 45.5 Å². The molecule has 0 spiro atoms. The molecule has 0 aliphatic rings. The van der Waals surface area contributed by atoms with E-state index in [9.17, 15) is 14.0 Å². The van der Waals surface area contributed by atoms with Crippen LogP contribution in [-0.2, 0) is 7.05 Å². The number of ether oxygens (including phenoxy) is 1. The first-order valence-corrected chi connectivity index (χ1v) is 10.6. The number of fused-ring (bicyclic) bond motifs is 1. The molecule has 10 nitrogen and oxygen atoms in total. The number of carbonyl (C=O) groups excluding carboxylic acids is 2. The summed E-state index contributed by atoms with van der Waals surface area (Å²) >= 11 is 0. The van der Waals surface area contributed by atoms with Crippen LogP contribution < -0.4 is 10.1 Å². The normalized spacial score (nSPS) is 10.9. The number of anilines is 1. The van der Waals surface area contributed by atoms with Gasteiger partial charge in [0.2, 0.25) is 5.78 Å². The average Bonchev–Trinajstić information content (AvgIpc) is 3.42. The van der Waals surface area contributed by atoms with Gasteiger partial charge in [-0.2, -0.15) is 10.1 Å². The molecular weight excluding hydrogens is 441 g/mol. The first-order chi connectivity index (χ1) is 16.4. The van der Waals surface area contributed by atoms with Crippen molar-refractivity contribution in [1.29, 1.82) is 0 Å². The Kier molecular flexibility index (Phi) is 6.53. The van der Waals surface area contributed by atoms with E-state index in [-0.39, 0.29) is 23.0 Å². The smallest absolute Gasteiger partial charge is 0.275 e. The zero-order chi connectivity index (χ0) is 24.2. The molecule has 3 aromatic heterocycles. The summed E-state index contributed by atoms with van der Waals surface area (Å²) in [5.41, 5.74) is 1.81. The van der Waals surface area contributed by atoms with Crippen LogP contribution in [0.3, 0.4) is 0 Å². The van der Waals surface area contributed by atoms with Gasteiger partial charge in [-0.15, -0.1) is 0 Å². The van der Waals surface area contributed by atoms with Gasteiger partial charge in [0.05, 0.1) is 30.7 Å². The summed E-state index contributed by atoms with van der Waals surface area (Å²) in [6, 6.07) is 8.99. The molecule has 2 amide bonds. The molecule has 0 aliphatic carbocycles. The Balaban J connectivity index is 1.56. The summed E-state index contributed by atoms with van der Waals surface area (Å²) in [5, 5.41) is 6.76. The number of halogens is 1. The summed E-state index contributed by atoms with van der Waals surface area (Å²) in [6.45, 7) is -0.126. The minimum atomic E-state index is -0.507. The lowest BCUT2D eigenvalue weighted by Crippen LogP contribution is -2.26. The fraction of sp³-hybridized carbons (Fsp3) is 0.261. The molecule has 0 aliphatic heterocycles. The Labute approximate surface area is 195 Å². The first kappa shape index (κ1) is 22.9. The molecule has 0 saturated heterocycles. The van der Waals surface area contributed by atoms with E-state index in [0.717, 1.165) is 5.56 Å². The topological polar surface area (TPSA) is 107 Å². The number of imidazole rings is 1. The maximum atomic E-state index is 12.9. The Morgan fingerprint density at radius 2 is 2.03 bits per heavy atom. The van der Waals surface area contributed by atoms with Crippen LogP contribution >= 0.6 is 0 Å². The van der Waals surface area contributed by atoms with E-state index in [1.165, 1.54) is 15.8 Å². The summed E-state index contributed by atoms with van der Waals surface area (Å²) in [4.78, 5) is 35.6. The van der Waals surface area contributed by atoms with E-state index in [2.05, 4.69) is 20.4 Å². The van der Waals surface area contributed by atoms with Crippen molar-refractivity contribution in [2.75, 3.05) is 32.7 Å². The highest BCUT2D eigenvalue weighted by Crippen LogP contribution is 2.24. The summed E-state index contributed by atoms with van der Waals surface area (Å²) in [6.07, 6.45) is 5.24. The highest BCUT2D eigenvalue weighted by Gasteiger charge is 2.23. The molecule has 0 unspecified atom stereocenters. The van der Waals surface area contributed by atoms with Gasteiger partial charge in [-0.1, -0.05) is 12.1 Å². The van der Waals surface area contributed by atoms with Gasteiger partial charge in [-0.05, 0) is 18.2 Å². The van der Waals surface area contributed by atoms with Crippen LogP contribution in [-0.4, -0.2) is 68.2 Å². The van der Waals surface area contributed by atoms with Gasteiger partial charge in [-0.25, -0.2) is 4.98 Å². The molecule has 4 aromatic rings. The molecule has 11 heteroatoms. The maximum absolute atomic E-state index is 12.9. The van der Waals surface area contributed by atoms with E-state index < -0.39 is 12.6 Å². The van der Waals surface area contributed by atoms with E-state index >= 15 is 0 Å². The van der Waals surface area contributed by atoms with Crippen LogP contribution in [0.4, 0.5) is 10.2 Å². The Morgan fingerprint density at radius 1 is 1.21 bits per heavy atom. The number of benzene rings is 1. The molecule has 176 valence electrons. The number of nitrogens with zero attached hydrogens (tertiary/aromatic N) is 6. The van der Waals surface area contributed by atoms with Crippen LogP contribution in [0.2, 0.25) is 0 Å². The average molecular weight is 465 g/mol. The molecule has 0 saturated carbocycles. The Bertz CT molecular complexity index is 1350. The lowest BCUT2D eigenvalue weighted by atomic mass is 10.1. The van der Waals surface area contributed by atoms with Gasteiger partial charge in [0.25, 0.3) is 11.8 Å². The number of amides is 2. The quantitative estimate of drug-likeness (QED) is 0.401. The Morgan fingerprint density at radius 3 is 2.79 bits per heavy atom. The Hall–Kier alpha value is -4.28. The number of aryl methyl sites for hydroxylation is 1. The maximum Gasteiger partial charge on any atom is 0.275 e. The number of carbonyl (C=O) groups is 2. The zero-order valence-electron chi connectivity index (χ0n) is 19.0. The van der Waals surface area contributed by atoms with E-state index in [1.807, 2.05) is 24.4 Å². The highest BCUT2D eigenvalue weighted by atomic mass is 19.1. The zero-order valence-corrected chi connectivity index (χ0v) is 19.0. The second kappa shape index (κ2) is 9.69. The molecule has 0 bridgehead atoms. The number of aromatic nitrogens is 5. The van der Waals surface area contributed by atoms with Crippen molar-refractivity contribution >= 4 is 23.4 Å². The van der Waals surface area contributed by atoms with Crippen LogP contribution in [0.1, 0.15) is 27.3 Å². The number of alkyl halides is 1. The minimum absolute atomic E-state index is 0.133. The van der Waals surface area contributed by atoms with Crippen molar-refractivity contribution in [2.45, 2.75) is 6.42 Å². The molecule has 3 heterocycles. The van der Waals surface area contributed by atoms with Crippen LogP contribution in [0, 0.1) is 0 Å². The third kappa shape index (κ3) is 4.72. The predicted octanol–water partition coefficient (Wildman–Crippen LogP) is 2.82. The van der Waals surface area contributed by atoms with Gasteiger partial charge < -0.3 is 15.0 Å².